The number of rotatable bonds is 5. The standard InChI is InChI=1S/C23H25F6N3OS/c1-21(2,3)18(19(33)31(4)13-14-8-6-5-7-9-14)32(20(30)34)17-11-15(22(24,25)26)10-16(12-17)23(27,28)29/h5-12,18H,13H2,1-4H3,(H2,30,34). The molecule has 1 atom stereocenters. The second-order valence-electron chi connectivity index (χ2n) is 8.92. The molecule has 34 heavy (non-hydrogen) atoms. The Hall–Kier alpha value is -2.82. The first kappa shape index (κ1) is 27.4. The van der Waals surface area contributed by atoms with Crippen molar-refractivity contribution in [1.29, 1.82) is 0 Å². The van der Waals surface area contributed by atoms with E-state index in [0.29, 0.717) is 12.1 Å². The molecule has 0 heterocycles. The van der Waals surface area contributed by atoms with E-state index in [2.05, 4.69) is 0 Å². The summed E-state index contributed by atoms with van der Waals surface area (Å²) < 4.78 is 80.6. The van der Waals surface area contributed by atoms with Gasteiger partial charge in [0.25, 0.3) is 0 Å². The van der Waals surface area contributed by atoms with Gasteiger partial charge in [-0.2, -0.15) is 26.3 Å². The average molecular weight is 506 g/mol. The maximum absolute atomic E-state index is 13.5. The number of hydrogen-bond donors (Lipinski definition) is 1. The van der Waals surface area contributed by atoms with Crippen LogP contribution < -0.4 is 10.6 Å². The number of benzene rings is 2. The van der Waals surface area contributed by atoms with Crippen LogP contribution in [-0.2, 0) is 23.7 Å². The molecule has 4 nitrogen and oxygen atoms in total. The number of alkyl halides is 6. The number of nitrogens with zero attached hydrogens (tertiary/aromatic N) is 2. The van der Waals surface area contributed by atoms with Gasteiger partial charge in [-0.25, -0.2) is 0 Å². The van der Waals surface area contributed by atoms with E-state index in [1.54, 1.807) is 51.1 Å². The Morgan fingerprint density at radius 3 is 1.79 bits per heavy atom. The Balaban J connectivity index is 2.64. The number of anilines is 1. The molecule has 2 aromatic rings. The van der Waals surface area contributed by atoms with Gasteiger partial charge in [0.2, 0.25) is 5.91 Å². The zero-order chi connectivity index (χ0) is 26.1. The van der Waals surface area contributed by atoms with Crippen LogP contribution in [0.4, 0.5) is 32.0 Å². The van der Waals surface area contributed by atoms with Crippen LogP contribution >= 0.6 is 12.2 Å². The van der Waals surface area contributed by atoms with Crippen LogP contribution in [-0.4, -0.2) is 29.0 Å². The van der Waals surface area contributed by atoms with Gasteiger partial charge in [-0.3, -0.25) is 4.79 Å². The number of hydrogen-bond acceptors (Lipinski definition) is 2. The van der Waals surface area contributed by atoms with Gasteiger partial charge in [-0.05, 0) is 41.4 Å². The zero-order valence-corrected chi connectivity index (χ0v) is 19.8. The number of amides is 1. The van der Waals surface area contributed by atoms with Crippen LogP contribution in [0.15, 0.2) is 48.5 Å². The largest absolute Gasteiger partial charge is 0.416 e. The highest BCUT2D eigenvalue weighted by atomic mass is 32.1. The van der Waals surface area contributed by atoms with Gasteiger partial charge in [-0.1, -0.05) is 51.1 Å². The van der Waals surface area contributed by atoms with Gasteiger partial charge in [-0.15, -0.1) is 0 Å². The molecular weight excluding hydrogens is 480 g/mol. The molecule has 0 aliphatic carbocycles. The minimum Gasteiger partial charge on any atom is -0.376 e. The molecule has 2 aromatic carbocycles. The van der Waals surface area contributed by atoms with Crippen molar-refractivity contribution >= 4 is 28.9 Å². The third-order valence-electron chi connectivity index (χ3n) is 5.04. The Bertz CT molecular complexity index is 999. The number of thiocarbonyl (C=S) groups is 1. The van der Waals surface area contributed by atoms with Crippen molar-refractivity contribution in [2.75, 3.05) is 11.9 Å². The minimum absolute atomic E-state index is 0.0106. The summed E-state index contributed by atoms with van der Waals surface area (Å²) in [5, 5.41) is -0.533. The highest BCUT2D eigenvalue weighted by Crippen LogP contribution is 2.40. The summed E-state index contributed by atoms with van der Waals surface area (Å²) in [5.74, 6) is -0.574. The molecule has 0 saturated carbocycles. The quantitative estimate of drug-likeness (QED) is 0.409. The first-order valence-electron chi connectivity index (χ1n) is 10.1. The van der Waals surface area contributed by atoms with Gasteiger partial charge in [0.1, 0.15) is 6.04 Å². The van der Waals surface area contributed by atoms with Crippen molar-refractivity contribution < 1.29 is 31.1 Å². The number of likely N-dealkylation sites (N-methyl/N-ethyl adjacent to an activating group) is 1. The Morgan fingerprint density at radius 1 is 0.941 bits per heavy atom. The molecule has 0 fully saturated rings. The molecule has 0 aliphatic rings. The van der Waals surface area contributed by atoms with Crippen molar-refractivity contribution in [3.05, 3.63) is 65.2 Å². The van der Waals surface area contributed by atoms with Crippen molar-refractivity contribution in [3.63, 3.8) is 0 Å². The summed E-state index contributed by atoms with van der Waals surface area (Å²) in [6.07, 6.45) is -10.1. The molecule has 0 spiro atoms. The lowest BCUT2D eigenvalue weighted by Crippen LogP contribution is -2.57. The van der Waals surface area contributed by atoms with Crippen molar-refractivity contribution in [1.82, 2.24) is 4.90 Å². The van der Waals surface area contributed by atoms with Crippen molar-refractivity contribution in [3.8, 4) is 0 Å². The lowest BCUT2D eigenvalue weighted by Gasteiger charge is -2.41. The third kappa shape index (κ3) is 6.62. The van der Waals surface area contributed by atoms with Crippen molar-refractivity contribution in [2.24, 2.45) is 11.1 Å². The second-order valence-corrected chi connectivity index (χ2v) is 9.34. The Morgan fingerprint density at radius 2 is 1.41 bits per heavy atom. The molecule has 0 aliphatic heterocycles. The Kier molecular flexibility index (Phi) is 7.91. The summed E-state index contributed by atoms with van der Waals surface area (Å²) in [6, 6.07) is 8.65. The lowest BCUT2D eigenvalue weighted by molar-refractivity contribution is -0.143. The summed E-state index contributed by atoms with van der Waals surface area (Å²) in [5.41, 5.74) is 1.97. The van der Waals surface area contributed by atoms with Crippen LogP contribution in [0.2, 0.25) is 0 Å². The fraction of sp³-hybridized carbons (Fsp3) is 0.391. The van der Waals surface area contributed by atoms with E-state index in [1.807, 2.05) is 0 Å². The second kappa shape index (κ2) is 9.81. The highest BCUT2D eigenvalue weighted by Gasteiger charge is 2.42. The minimum atomic E-state index is -5.07. The van der Waals surface area contributed by atoms with E-state index in [4.69, 9.17) is 18.0 Å². The molecule has 186 valence electrons. The summed E-state index contributed by atoms with van der Waals surface area (Å²) >= 11 is 5.02. The molecule has 1 unspecified atom stereocenters. The van der Waals surface area contributed by atoms with Crippen LogP contribution in [0.5, 0.6) is 0 Å². The highest BCUT2D eigenvalue weighted by molar-refractivity contribution is 7.80. The van der Waals surface area contributed by atoms with Gasteiger partial charge >= 0.3 is 12.4 Å². The molecule has 0 saturated heterocycles. The first-order chi connectivity index (χ1) is 15.4. The van der Waals surface area contributed by atoms with E-state index < -0.39 is 51.6 Å². The monoisotopic (exact) mass is 505 g/mol. The zero-order valence-electron chi connectivity index (χ0n) is 19.0. The number of carbonyl (C=O) groups excluding carboxylic acids is 1. The van der Waals surface area contributed by atoms with Crippen molar-refractivity contribution in [2.45, 2.75) is 45.7 Å². The van der Waals surface area contributed by atoms with Gasteiger partial charge in [0, 0.05) is 19.3 Å². The van der Waals surface area contributed by atoms with Gasteiger partial charge in [0.15, 0.2) is 5.11 Å². The van der Waals surface area contributed by atoms with Crippen LogP contribution in [0, 0.1) is 5.41 Å². The number of carbonyl (C=O) groups is 1. The molecule has 2 rings (SSSR count). The van der Waals surface area contributed by atoms with E-state index in [9.17, 15) is 31.1 Å². The van der Waals surface area contributed by atoms with Crippen LogP contribution in [0.3, 0.4) is 0 Å². The maximum atomic E-state index is 13.5. The van der Waals surface area contributed by atoms with Gasteiger partial charge < -0.3 is 15.5 Å². The molecule has 0 aromatic heterocycles. The third-order valence-corrected chi connectivity index (χ3v) is 5.24. The summed E-state index contributed by atoms with van der Waals surface area (Å²) in [7, 11) is 1.49. The fourth-order valence-electron chi connectivity index (χ4n) is 3.49. The summed E-state index contributed by atoms with van der Waals surface area (Å²) in [6.45, 7) is 5.02. The smallest absolute Gasteiger partial charge is 0.376 e. The first-order valence-corrected chi connectivity index (χ1v) is 10.5. The topological polar surface area (TPSA) is 49.6 Å². The molecule has 0 radical (unpaired) electrons. The molecular formula is C23H25F6N3OS. The SMILES string of the molecule is CN(Cc1ccccc1)C(=O)C(N(C(N)=S)c1cc(C(F)(F)F)cc(C(F)(F)F)c1)C(C)(C)C. The number of halogens is 6. The predicted octanol–water partition coefficient (Wildman–Crippen LogP) is 5.85. The average Bonchev–Trinajstić information content (AvgIpc) is 2.69. The molecule has 1 amide bonds. The normalized spacial score (nSPS) is 13.4. The molecule has 2 N–H and O–H groups in total. The van der Waals surface area contributed by atoms with E-state index in [0.717, 1.165) is 10.5 Å². The summed E-state index contributed by atoms with van der Waals surface area (Å²) in [4.78, 5) is 15.7. The fourth-order valence-corrected chi connectivity index (χ4v) is 3.70. The predicted molar refractivity (Wildman–Crippen MR) is 122 cm³/mol. The lowest BCUT2D eigenvalue weighted by atomic mass is 9.84. The molecule has 0 bridgehead atoms. The van der Waals surface area contributed by atoms with Gasteiger partial charge in [0.05, 0.1) is 11.1 Å². The molecule has 11 heteroatoms. The Labute approximate surface area is 199 Å². The maximum Gasteiger partial charge on any atom is 0.416 e. The van der Waals surface area contributed by atoms with Crippen LogP contribution in [0.25, 0.3) is 0 Å². The van der Waals surface area contributed by atoms with Crippen LogP contribution in [0.1, 0.15) is 37.5 Å². The van der Waals surface area contributed by atoms with E-state index in [1.165, 1.54) is 11.9 Å². The van der Waals surface area contributed by atoms with E-state index >= 15 is 0 Å². The van der Waals surface area contributed by atoms with E-state index in [-0.39, 0.29) is 12.6 Å². The number of nitrogens with two attached hydrogens (primary N) is 1.